The molecule has 0 aliphatic carbocycles. The first kappa shape index (κ1) is 18.3. The van der Waals surface area contributed by atoms with Crippen molar-refractivity contribution >= 4 is 29.1 Å². The van der Waals surface area contributed by atoms with Gasteiger partial charge in [-0.05, 0) is 30.5 Å². The van der Waals surface area contributed by atoms with Crippen LogP contribution in [0.5, 0.6) is 0 Å². The zero-order valence-electron chi connectivity index (χ0n) is 14.7. The number of amides is 3. The number of carbonyl (C=O) groups excluding carboxylic acids is 3. The van der Waals surface area contributed by atoms with Crippen molar-refractivity contribution in [3.05, 3.63) is 57.8 Å². The summed E-state index contributed by atoms with van der Waals surface area (Å²) in [6.45, 7) is 4.46. The normalized spacial score (nSPS) is 14.4. The molecule has 136 valence electrons. The van der Waals surface area contributed by atoms with Crippen LogP contribution in [-0.4, -0.2) is 48.8 Å². The second kappa shape index (κ2) is 8.25. The lowest BCUT2D eigenvalue weighted by Crippen LogP contribution is -3.13. The van der Waals surface area contributed by atoms with Crippen LogP contribution in [0.3, 0.4) is 0 Å². The number of likely N-dealkylation sites (N-methyl/N-ethyl adjacent to an activating group) is 1. The largest absolute Gasteiger partial charge is 0.346 e. The number of fused-ring (bicyclic) bond motifs is 1. The molecule has 1 aromatic carbocycles. The van der Waals surface area contributed by atoms with Crippen molar-refractivity contribution < 1.29 is 19.3 Å². The minimum Gasteiger partial charge on any atom is -0.346 e. The highest BCUT2D eigenvalue weighted by atomic mass is 32.1. The molecule has 2 N–H and O–H groups in total. The highest BCUT2D eigenvalue weighted by molar-refractivity contribution is 7.09. The van der Waals surface area contributed by atoms with Gasteiger partial charge in [0.05, 0.1) is 37.3 Å². The van der Waals surface area contributed by atoms with E-state index in [0.717, 1.165) is 16.3 Å². The van der Waals surface area contributed by atoms with Crippen LogP contribution in [-0.2, 0) is 11.3 Å². The molecule has 1 aliphatic heterocycles. The Morgan fingerprint density at radius 3 is 2.38 bits per heavy atom. The van der Waals surface area contributed by atoms with Crippen LogP contribution in [0.25, 0.3) is 0 Å². The van der Waals surface area contributed by atoms with E-state index in [4.69, 9.17) is 0 Å². The number of nitrogens with zero attached hydrogens (tertiary/aromatic N) is 1. The smallest absolute Gasteiger partial charge is 0.275 e. The number of rotatable bonds is 8. The van der Waals surface area contributed by atoms with Gasteiger partial charge in [0, 0.05) is 4.88 Å². The zero-order chi connectivity index (χ0) is 18.5. The van der Waals surface area contributed by atoms with Gasteiger partial charge in [0.1, 0.15) is 0 Å². The first-order chi connectivity index (χ1) is 12.6. The summed E-state index contributed by atoms with van der Waals surface area (Å²) in [7, 11) is 0. The van der Waals surface area contributed by atoms with Crippen LogP contribution >= 0.6 is 11.3 Å². The van der Waals surface area contributed by atoms with Crippen molar-refractivity contribution in [1.29, 1.82) is 0 Å². The van der Waals surface area contributed by atoms with Gasteiger partial charge in [-0.15, -0.1) is 11.3 Å². The van der Waals surface area contributed by atoms with Crippen LogP contribution in [0.1, 0.15) is 32.5 Å². The van der Waals surface area contributed by atoms with Gasteiger partial charge in [-0.25, -0.2) is 0 Å². The number of hydrogen-bond acceptors (Lipinski definition) is 4. The Morgan fingerprint density at radius 2 is 1.81 bits per heavy atom. The van der Waals surface area contributed by atoms with Gasteiger partial charge in [0.25, 0.3) is 17.7 Å². The number of thiophene rings is 1. The quantitative estimate of drug-likeness (QED) is 0.666. The molecule has 2 heterocycles. The molecule has 1 aromatic heterocycles. The summed E-state index contributed by atoms with van der Waals surface area (Å²) in [5.41, 5.74) is 0.925. The fourth-order valence-electron chi connectivity index (χ4n) is 2.99. The maximum atomic E-state index is 12.4. The highest BCUT2D eigenvalue weighted by Gasteiger charge is 2.35. The molecule has 0 saturated heterocycles. The molecule has 1 atom stereocenters. The molecule has 7 heteroatoms. The van der Waals surface area contributed by atoms with Crippen molar-refractivity contribution in [2.75, 3.05) is 26.2 Å². The van der Waals surface area contributed by atoms with Crippen molar-refractivity contribution in [2.24, 2.45) is 0 Å². The molecular weight excluding hydrogens is 350 g/mol. The Morgan fingerprint density at radius 1 is 1.12 bits per heavy atom. The van der Waals surface area contributed by atoms with E-state index in [0.29, 0.717) is 37.3 Å². The second-order valence-electron chi connectivity index (χ2n) is 6.19. The minimum atomic E-state index is -0.247. The van der Waals surface area contributed by atoms with Crippen LogP contribution in [0.2, 0.25) is 0 Å². The lowest BCUT2D eigenvalue weighted by Gasteiger charge is -2.20. The van der Waals surface area contributed by atoms with E-state index in [1.54, 1.807) is 35.6 Å². The van der Waals surface area contributed by atoms with Gasteiger partial charge in [0.15, 0.2) is 6.54 Å². The number of nitrogens with one attached hydrogen (secondary N) is 2. The lowest BCUT2D eigenvalue weighted by molar-refractivity contribution is -0.889. The van der Waals surface area contributed by atoms with E-state index in [1.807, 2.05) is 24.4 Å². The third kappa shape index (κ3) is 4.00. The topological polar surface area (TPSA) is 70.9 Å². The number of benzene rings is 1. The molecule has 0 spiro atoms. The van der Waals surface area contributed by atoms with Crippen molar-refractivity contribution in [1.82, 2.24) is 10.2 Å². The molecule has 0 saturated carbocycles. The van der Waals surface area contributed by atoms with Gasteiger partial charge in [-0.3, -0.25) is 19.3 Å². The molecular formula is C19H22N3O3S+. The summed E-state index contributed by atoms with van der Waals surface area (Å²) < 4.78 is 0. The van der Waals surface area contributed by atoms with E-state index in [1.165, 1.54) is 4.90 Å². The Bertz CT molecular complexity index is 769. The second-order valence-corrected chi connectivity index (χ2v) is 7.23. The van der Waals surface area contributed by atoms with E-state index in [9.17, 15) is 14.4 Å². The predicted octanol–water partition coefficient (Wildman–Crippen LogP) is 0.565. The van der Waals surface area contributed by atoms with E-state index >= 15 is 0 Å². The van der Waals surface area contributed by atoms with E-state index in [-0.39, 0.29) is 17.7 Å². The highest BCUT2D eigenvalue weighted by Crippen LogP contribution is 2.21. The number of carbonyl (C=O) groups is 3. The van der Waals surface area contributed by atoms with Gasteiger partial charge >= 0.3 is 0 Å². The minimum absolute atomic E-state index is 0.0300. The summed E-state index contributed by atoms with van der Waals surface area (Å²) in [5, 5.41) is 4.89. The summed E-state index contributed by atoms with van der Waals surface area (Å²) in [4.78, 5) is 40.3. The molecule has 3 amide bonds. The first-order valence-corrected chi connectivity index (χ1v) is 9.56. The van der Waals surface area contributed by atoms with Gasteiger partial charge in [-0.1, -0.05) is 18.2 Å². The van der Waals surface area contributed by atoms with Gasteiger partial charge in [0.2, 0.25) is 0 Å². The molecule has 0 fully saturated rings. The molecule has 1 aliphatic rings. The molecule has 2 aromatic rings. The maximum absolute atomic E-state index is 12.4. The lowest BCUT2D eigenvalue weighted by atomic mass is 10.1. The molecule has 6 nitrogen and oxygen atoms in total. The van der Waals surface area contributed by atoms with Crippen LogP contribution in [0.4, 0.5) is 0 Å². The Labute approximate surface area is 156 Å². The average Bonchev–Trinajstić information content (AvgIpc) is 3.26. The molecule has 3 rings (SSSR count). The Balaban J connectivity index is 1.50. The van der Waals surface area contributed by atoms with Crippen molar-refractivity contribution in [2.45, 2.75) is 13.5 Å². The maximum Gasteiger partial charge on any atom is 0.275 e. The predicted molar refractivity (Wildman–Crippen MR) is 99.2 cm³/mol. The third-order valence-electron chi connectivity index (χ3n) is 4.52. The molecule has 0 radical (unpaired) electrons. The molecule has 0 bridgehead atoms. The Kier molecular flexibility index (Phi) is 5.80. The number of imide groups is 1. The fraction of sp³-hybridized carbons (Fsp3) is 0.316. The molecule has 26 heavy (non-hydrogen) atoms. The van der Waals surface area contributed by atoms with Crippen molar-refractivity contribution in [3.63, 3.8) is 0 Å². The average molecular weight is 372 g/mol. The number of quaternary nitrogens is 1. The number of hydrogen-bond donors (Lipinski definition) is 2. The van der Waals surface area contributed by atoms with Crippen LogP contribution in [0, 0.1) is 0 Å². The van der Waals surface area contributed by atoms with E-state index in [2.05, 4.69) is 5.32 Å². The summed E-state index contributed by atoms with van der Waals surface area (Å²) in [6, 6.07) is 10.8. The third-order valence-corrected chi connectivity index (χ3v) is 5.39. The fourth-order valence-corrected chi connectivity index (χ4v) is 3.64. The standard InChI is InChI=1S/C19H21N3O3S/c1-2-21(13-17(23)20-12-14-6-5-11-26-14)9-10-22-18(24)15-7-3-4-8-16(15)19(22)25/h3-8,11H,2,9-10,12-13H2,1H3,(H,20,23)/p+1. The summed E-state index contributed by atoms with van der Waals surface area (Å²) in [6.07, 6.45) is 0. The molecule has 1 unspecified atom stereocenters. The zero-order valence-corrected chi connectivity index (χ0v) is 15.5. The van der Waals surface area contributed by atoms with Gasteiger partial charge < -0.3 is 10.2 Å². The monoisotopic (exact) mass is 372 g/mol. The Hall–Kier alpha value is -2.51. The summed E-state index contributed by atoms with van der Waals surface area (Å²) >= 11 is 1.61. The van der Waals surface area contributed by atoms with E-state index < -0.39 is 0 Å². The van der Waals surface area contributed by atoms with Crippen molar-refractivity contribution in [3.8, 4) is 0 Å². The van der Waals surface area contributed by atoms with Crippen LogP contribution < -0.4 is 10.2 Å². The van der Waals surface area contributed by atoms with Gasteiger partial charge in [-0.2, -0.15) is 0 Å². The summed E-state index contributed by atoms with van der Waals surface area (Å²) in [5.74, 6) is -0.524. The SMILES string of the molecule is CC[NH+](CCN1C(=O)c2ccccc2C1=O)CC(=O)NCc1cccs1. The van der Waals surface area contributed by atoms with Crippen LogP contribution in [0.15, 0.2) is 41.8 Å². The first-order valence-electron chi connectivity index (χ1n) is 8.68.